The van der Waals surface area contributed by atoms with E-state index >= 15 is 0 Å². The molecule has 0 radical (unpaired) electrons. The van der Waals surface area contributed by atoms with Crippen molar-refractivity contribution >= 4 is 12.0 Å². The normalized spacial score (nSPS) is 19.2. The third kappa shape index (κ3) is 4.67. The van der Waals surface area contributed by atoms with Crippen molar-refractivity contribution in [3.63, 3.8) is 0 Å². The van der Waals surface area contributed by atoms with Crippen LogP contribution in [0.3, 0.4) is 0 Å². The molecule has 1 heterocycles. The zero-order valence-electron chi connectivity index (χ0n) is 12.4. The molecule has 1 saturated heterocycles. The summed E-state index contributed by atoms with van der Waals surface area (Å²) >= 11 is 0. The molecule has 1 aliphatic rings. The number of carbonyl (C=O) groups is 2. The first-order chi connectivity index (χ1) is 9.47. The van der Waals surface area contributed by atoms with E-state index in [1.807, 2.05) is 13.8 Å². The molecule has 2 N–H and O–H groups in total. The van der Waals surface area contributed by atoms with Crippen molar-refractivity contribution in [1.82, 2.24) is 9.80 Å². The van der Waals surface area contributed by atoms with Crippen molar-refractivity contribution in [2.24, 2.45) is 0 Å². The van der Waals surface area contributed by atoms with Crippen LogP contribution in [0.1, 0.15) is 46.0 Å². The molecule has 116 valence electrons. The summed E-state index contributed by atoms with van der Waals surface area (Å²) in [6.45, 7) is 5.05. The van der Waals surface area contributed by atoms with Crippen LogP contribution in [0.25, 0.3) is 0 Å². The van der Waals surface area contributed by atoms with E-state index < -0.39 is 5.97 Å². The summed E-state index contributed by atoms with van der Waals surface area (Å²) in [6.07, 6.45) is 3.21. The molecule has 0 aromatic rings. The fourth-order valence-electron chi connectivity index (χ4n) is 2.65. The molecule has 0 saturated carbocycles. The highest BCUT2D eigenvalue weighted by atomic mass is 16.4. The molecule has 0 bridgehead atoms. The van der Waals surface area contributed by atoms with Crippen LogP contribution in [0.15, 0.2) is 0 Å². The number of aliphatic hydroxyl groups is 1. The fourth-order valence-corrected chi connectivity index (χ4v) is 2.65. The standard InChI is InChI=1S/C14H26N2O4/c1-11(2)15(8-5-9-17)14(20)16-7-4-3-6-12(16)10-13(18)19/h11-12,17H,3-10H2,1-2H3,(H,18,19). The van der Waals surface area contributed by atoms with E-state index in [0.717, 1.165) is 19.3 Å². The fraction of sp³-hybridized carbons (Fsp3) is 0.857. The van der Waals surface area contributed by atoms with Crippen molar-refractivity contribution in [2.75, 3.05) is 19.7 Å². The molecule has 6 heteroatoms. The van der Waals surface area contributed by atoms with E-state index in [-0.39, 0.29) is 31.1 Å². The lowest BCUT2D eigenvalue weighted by Gasteiger charge is -2.40. The van der Waals surface area contributed by atoms with Crippen LogP contribution >= 0.6 is 0 Å². The topological polar surface area (TPSA) is 81.1 Å². The molecule has 1 unspecified atom stereocenters. The van der Waals surface area contributed by atoms with E-state index in [1.54, 1.807) is 9.80 Å². The Bertz CT molecular complexity index is 333. The van der Waals surface area contributed by atoms with Crippen LogP contribution in [0.5, 0.6) is 0 Å². The summed E-state index contributed by atoms with van der Waals surface area (Å²) < 4.78 is 0. The van der Waals surface area contributed by atoms with Gasteiger partial charge in [-0.3, -0.25) is 4.79 Å². The maximum atomic E-state index is 12.6. The number of amides is 2. The van der Waals surface area contributed by atoms with Crippen molar-refractivity contribution in [2.45, 2.75) is 58.0 Å². The van der Waals surface area contributed by atoms with E-state index in [1.165, 1.54) is 0 Å². The first kappa shape index (κ1) is 16.8. The summed E-state index contributed by atoms with van der Waals surface area (Å²) in [5.41, 5.74) is 0. The molecule has 0 spiro atoms. The SMILES string of the molecule is CC(C)N(CCCO)C(=O)N1CCCCC1CC(=O)O. The maximum Gasteiger partial charge on any atom is 0.320 e. The second-order valence-electron chi connectivity index (χ2n) is 5.59. The maximum absolute atomic E-state index is 12.6. The number of piperidine rings is 1. The molecule has 0 aliphatic carbocycles. The molecular weight excluding hydrogens is 260 g/mol. The van der Waals surface area contributed by atoms with Gasteiger partial charge in [0.05, 0.1) is 6.42 Å². The van der Waals surface area contributed by atoms with Gasteiger partial charge in [-0.25, -0.2) is 4.79 Å². The van der Waals surface area contributed by atoms with Crippen LogP contribution in [-0.4, -0.2) is 63.8 Å². The Kier molecular flexibility index (Phi) is 6.78. The molecule has 0 aromatic heterocycles. The monoisotopic (exact) mass is 286 g/mol. The number of hydrogen-bond donors (Lipinski definition) is 2. The molecule has 0 aromatic carbocycles. The van der Waals surface area contributed by atoms with Crippen LogP contribution in [0.2, 0.25) is 0 Å². The van der Waals surface area contributed by atoms with Crippen molar-refractivity contribution in [1.29, 1.82) is 0 Å². The van der Waals surface area contributed by atoms with Gasteiger partial charge in [-0.2, -0.15) is 0 Å². The number of hydrogen-bond acceptors (Lipinski definition) is 3. The third-order valence-electron chi connectivity index (χ3n) is 3.71. The molecule has 20 heavy (non-hydrogen) atoms. The third-order valence-corrected chi connectivity index (χ3v) is 3.71. The Morgan fingerprint density at radius 2 is 2.05 bits per heavy atom. The van der Waals surface area contributed by atoms with Crippen molar-refractivity contribution < 1.29 is 19.8 Å². The highest BCUT2D eigenvalue weighted by Gasteiger charge is 2.31. The minimum absolute atomic E-state index is 0.0116. The lowest BCUT2D eigenvalue weighted by Crippen LogP contribution is -2.53. The van der Waals surface area contributed by atoms with Crippen molar-refractivity contribution in [3.05, 3.63) is 0 Å². The van der Waals surface area contributed by atoms with Crippen LogP contribution in [0.4, 0.5) is 4.79 Å². The predicted molar refractivity (Wildman–Crippen MR) is 75.5 cm³/mol. The number of carbonyl (C=O) groups excluding carboxylic acids is 1. The number of aliphatic hydroxyl groups excluding tert-OH is 1. The van der Waals surface area contributed by atoms with E-state index in [0.29, 0.717) is 19.5 Å². The van der Waals surface area contributed by atoms with Gasteiger partial charge in [-0.05, 0) is 39.5 Å². The number of carboxylic acids is 1. The van der Waals surface area contributed by atoms with E-state index in [4.69, 9.17) is 10.2 Å². The number of carboxylic acid groups (broad SMARTS) is 1. The quantitative estimate of drug-likeness (QED) is 0.776. The largest absolute Gasteiger partial charge is 0.481 e. The first-order valence-corrected chi connectivity index (χ1v) is 7.37. The summed E-state index contributed by atoms with van der Waals surface area (Å²) in [6, 6.07) is -0.259. The molecule has 2 amide bonds. The summed E-state index contributed by atoms with van der Waals surface area (Å²) in [5, 5.41) is 17.9. The van der Waals surface area contributed by atoms with Gasteiger partial charge in [0.25, 0.3) is 0 Å². The zero-order valence-corrected chi connectivity index (χ0v) is 12.4. The number of urea groups is 1. The molecule has 1 aliphatic heterocycles. The van der Waals surface area contributed by atoms with Crippen LogP contribution < -0.4 is 0 Å². The Hall–Kier alpha value is -1.30. The highest BCUT2D eigenvalue weighted by Crippen LogP contribution is 2.22. The van der Waals surface area contributed by atoms with E-state index in [9.17, 15) is 9.59 Å². The number of aliphatic carboxylic acids is 1. The van der Waals surface area contributed by atoms with Gasteiger partial charge >= 0.3 is 12.0 Å². The van der Waals surface area contributed by atoms with Gasteiger partial charge in [-0.15, -0.1) is 0 Å². The average molecular weight is 286 g/mol. The minimum Gasteiger partial charge on any atom is -0.481 e. The van der Waals surface area contributed by atoms with Gasteiger partial charge in [0.15, 0.2) is 0 Å². The molecule has 1 atom stereocenters. The zero-order chi connectivity index (χ0) is 15.1. The average Bonchev–Trinajstić information content (AvgIpc) is 2.38. The van der Waals surface area contributed by atoms with Crippen LogP contribution in [0, 0.1) is 0 Å². The van der Waals surface area contributed by atoms with Crippen LogP contribution in [-0.2, 0) is 4.79 Å². The molecule has 1 rings (SSSR count). The van der Waals surface area contributed by atoms with Gasteiger partial charge in [0.1, 0.15) is 0 Å². The lowest BCUT2D eigenvalue weighted by atomic mass is 9.99. The first-order valence-electron chi connectivity index (χ1n) is 7.37. The number of rotatable bonds is 6. The van der Waals surface area contributed by atoms with E-state index in [2.05, 4.69) is 0 Å². The van der Waals surface area contributed by atoms with Gasteiger partial charge in [-0.1, -0.05) is 0 Å². The molecule has 1 fully saturated rings. The lowest BCUT2D eigenvalue weighted by molar-refractivity contribution is -0.138. The van der Waals surface area contributed by atoms with Gasteiger partial charge in [0, 0.05) is 31.8 Å². The molecular formula is C14H26N2O4. The van der Waals surface area contributed by atoms with Gasteiger partial charge in [0.2, 0.25) is 0 Å². The summed E-state index contributed by atoms with van der Waals surface area (Å²) in [5.74, 6) is -0.860. The Morgan fingerprint density at radius 3 is 2.60 bits per heavy atom. The summed E-state index contributed by atoms with van der Waals surface area (Å²) in [7, 11) is 0. The summed E-state index contributed by atoms with van der Waals surface area (Å²) in [4.78, 5) is 27.0. The van der Waals surface area contributed by atoms with Crippen molar-refractivity contribution in [3.8, 4) is 0 Å². The number of nitrogens with zero attached hydrogens (tertiary/aromatic N) is 2. The number of likely N-dealkylation sites (tertiary alicyclic amines) is 1. The smallest absolute Gasteiger partial charge is 0.320 e. The minimum atomic E-state index is -0.860. The second kappa shape index (κ2) is 8.09. The predicted octanol–water partition coefficient (Wildman–Crippen LogP) is 1.53. The Balaban J connectivity index is 2.75. The van der Waals surface area contributed by atoms with Gasteiger partial charge < -0.3 is 20.0 Å². The highest BCUT2D eigenvalue weighted by molar-refractivity contribution is 5.76. The second-order valence-corrected chi connectivity index (χ2v) is 5.59. The molecule has 6 nitrogen and oxygen atoms in total. The Labute approximate surface area is 120 Å². The Morgan fingerprint density at radius 1 is 1.35 bits per heavy atom.